The highest BCUT2D eigenvalue weighted by Gasteiger charge is 2.62. The Bertz CT molecular complexity index is 345. The fourth-order valence-electron chi connectivity index (χ4n) is 2.24. The van der Waals surface area contributed by atoms with Crippen molar-refractivity contribution in [1.82, 2.24) is 4.90 Å². The topological polar surface area (TPSA) is 72.6 Å². The Labute approximate surface area is 98.7 Å². The number of fused-ring (bicyclic) bond motifs is 1. The Morgan fingerprint density at radius 2 is 2.25 bits per heavy atom. The lowest BCUT2D eigenvalue weighted by Crippen LogP contribution is -2.68. The number of rotatable bonds is 2. The first kappa shape index (κ1) is 11.7. The smallest absolute Gasteiger partial charge is 0.330 e. The zero-order valence-corrected chi connectivity index (χ0v) is 10.4. The maximum Gasteiger partial charge on any atom is 0.330 e. The van der Waals surface area contributed by atoms with Gasteiger partial charge in [0.2, 0.25) is 5.91 Å². The van der Waals surface area contributed by atoms with Crippen LogP contribution in [0.2, 0.25) is 0 Å². The summed E-state index contributed by atoms with van der Waals surface area (Å²) in [4.78, 5) is 25.0. The van der Waals surface area contributed by atoms with Crippen LogP contribution < -0.4 is 5.73 Å². The molecule has 2 aliphatic rings. The molecular formula is C10H16N2O3S. The molecule has 0 aromatic heterocycles. The summed E-state index contributed by atoms with van der Waals surface area (Å²) in [6, 6.07) is -0.974. The number of amides is 1. The zero-order chi connectivity index (χ0) is 12.1. The molecule has 0 bridgehead atoms. The predicted molar refractivity (Wildman–Crippen MR) is 60.7 cm³/mol. The molecule has 3 atom stereocenters. The Morgan fingerprint density at radius 1 is 1.62 bits per heavy atom. The molecular weight excluding hydrogens is 228 g/mol. The van der Waals surface area contributed by atoms with Crippen molar-refractivity contribution in [3.05, 3.63) is 0 Å². The van der Waals surface area contributed by atoms with E-state index in [-0.39, 0.29) is 22.0 Å². The highest BCUT2D eigenvalue weighted by Crippen LogP contribution is 2.50. The number of nitrogens with two attached hydrogens (primary N) is 1. The Kier molecular flexibility index (Phi) is 2.66. The second kappa shape index (κ2) is 3.63. The van der Waals surface area contributed by atoms with Crippen molar-refractivity contribution < 1.29 is 14.3 Å². The number of hydrogen-bond acceptors (Lipinski definition) is 5. The van der Waals surface area contributed by atoms with E-state index in [0.29, 0.717) is 6.61 Å². The summed E-state index contributed by atoms with van der Waals surface area (Å²) in [6.07, 6.45) is 0. The summed E-state index contributed by atoms with van der Waals surface area (Å²) >= 11 is 1.57. The van der Waals surface area contributed by atoms with Gasteiger partial charge in [0, 0.05) is 4.75 Å². The van der Waals surface area contributed by atoms with Gasteiger partial charge in [-0.25, -0.2) is 4.79 Å². The SMILES string of the molecule is CCOC(=O)[C@@H]1N2C(=O)[C@@H](N)[C@H]2SC1(C)C. The van der Waals surface area contributed by atoms with Crippen molar-refractivity contribution in [3.63, 3.8) is 0 Å². The van der Waals surface area contributed by atoms with E-state index in [9.17, 15) is 9.59 Å². The molecule has 0 radical (unpaired) electrons. The van der Waals surface area contributed by atoms with Crippen molar-refractivity contribution in [2.75, 3.05) is 6.61 Å². The molecule has 2 heterocycles. The van der Waals surface area contributed by atoms with E-state index in [1.54, 1.807) is 23.6 Å². The van der Waals surface area contributed by atoms with Crippen LogP contribution in [-0.4, -0.2) is 45.6 Å². The second-order valence-corrected chi connectivity index (χ2v) is 6.31. The maximum atomic E-state index is 11.8. The van der Waals surface area contributed by atoms with Crippen LogP contribution in [0, 0.1) is 0 Å². The van der Waals surface area contributed by atoms with Gasteiger partial charge in [0.05, 0.1) is 6.61 Å². The van der Waals surface area contributed by atoms with Crippen LogP contribution in [0.3, 0.4) is 0 Å². The fourth-order valence-corrected chi connectivity index (χ4v) is 3.81. The molecule has 2 fully saturated rings. The molecule has 16 heavy (non-hydrogen) atoms. The van der Waals surface area contributed by atoms with Crippen LogP contribution in [0.15, 0.2) is 0 Å². The molecule has 90 valence electrons. The summed E-state index contributed by atoms with van der Waals surface area (Å²) in [7, 11) is 0. The van der Waals surface area contributed by atoms with Gasteiger partial charge in [-0.3, -0.25) is 4.79 Å². The summed E-state index contributed by atoms with van der Waals surface area (Å²) < 4.78 is 4.68. The third kappa shape index (κ3) is 1.43. The van der Waals surface area contributed by atoms with Crippen molar-refractivity contribution in [3.8, 4) is 0 Å². The van der Waals surface area contributed by atoms with E-state index in [2.05, 4.69) is 0 Å². The number of β-lactam (4-membered cyclic amide) rings is 1. The lowest BCUT2D eigenvalue weighted by Gasteiger charge is -2.41. The highest BCUT2D eigenvalue weighted by atomic mass is 32.2. The molecule has 2 N–H and O–H groups in total. The van der Waals surface area contributed by atoms with Crippen LogP contribution in [0.4, 0.5) is 0 Å². The molecule has 0 aromatic rings. The first-order valence-corrected chi connectivity index (χ1v) is 6.20. The minimum absolute atomic E-state index is 0.0723. The Hall–Kier alpha value is -0.750. The zero-order valence-electron chi connectivity index (χ0n) is 9.60. The number of nitrogens with zero attached hydrogens (tertiary/aromatic N) is 1. The van der Waals surface area contributed by atoms with E-state index < -0.39 is 12.1 Å². The molecule has 5 nitrogen and oxygen atoms in total. The van der Waals surface area contributed by atoms with Gasteiger partial charge >= 0.3 is 5.97 Å². The molecule has 2 aliphatic heterocycles. The lowest BCUT2D eigenvalue weighted by atomic mass is 9.96. The minimum atomic E-state index is -0.505. The van der Waals surface area contributed by atoms with Gasteiger partial charge in [-0.1, -0.05) is 0 Å². The van der Waals surface area contributed by atoms with Crippen molar-refractivity contribution in [2.24, 2.45) is 5.73 Å². The normalized spacial score (nSPS) is 35.6. The molecule has 0 aliphatic carbocycles. The Balaban J connectivity index is 2.22. The van der Waals surface area contributed by atoms with Crippen LogP contribution >= 0.6 is 11.8 Å². The largest absolute Gasteiger partial charge is 0.464 e. The summed E-state index contributed by atoms with van der Waals surface area (Å²) in [5, 5.41) is -0.0723. The number of ether oxygens (including phenoxy) is 1. The fraction of sp³-hybridized carbons (Fsp3) is 0.800. The van der Waals surface area contributed by atoms with Crippen molar-refractivity contribution in [2.45, 2.75) is 43.0 Å². The quantitative estimate of drug-likeness (QED) is 0.544. The van der Waals surface area contributed by atoms with Crippen LogP contribution in [0.1, 0.15) is 20.8 Å². The van der Waals surface area contributed by atoms with Crippen molar-refractivity contribution in [1.29, 1.82) is 0 Å². The predicted octanol–water partition coefficient (Wildman–Crippen LogP) is -0.0609. The van der Waals surface area contributed by atoms with E-state index in [4.69, 9.17) is 10.5 Å². The second-order valence-electron chi connectivity index (χ2n) is 4.54. The van der Waals surface area contributed by atoms with Gasteiger partial charge < -0.3 is 15.4 Å². The first-order valence-electron chi connectivity index (χ1n) is 5.32. The monoisotopic (exact) mass is 244 g/mol. The summed E-state index contributed by atoms with van der Waals surface area (Å²) in [6.45, 7) is 5.97. The van der Waals surface area contributed by atoms with Gasteiger partial charge in [0.15, 0.2) is 0 Å². The van der Waals surface area contributed by atoms with E-state index >= 15 is 0 Å². The third-order valence-electron chi connectivity index (χ3n) is 2.99. The summed E-state index contributed by atoms with van der Waals surface area (Å²) in [5.41, 5.74) is 5.70. The molecule has 0 spiro atoms. The number of carbonyl (C=O) groups excluding carboxylic acids is 2. The average molecular weight is 244 g/mol. The maximum absolute atomic E-state index is 11.8. The van der Waals surface area contributed by atoms with Gasteiger partial charge in [0.25, 0.3) is 0 Å². The number of carbonyl (C=O) groups is 2. The molecule has 1 amide bonds. The molecule has 0 unspecified atom stereocenters. The van der Waals surface area contributed by atoms with Gasteiger partial charge in [-0.2, -0.15) is 0 Å². The van der Waals surface area contributed by atoms with Crippen molar-refractivity contribution >= 4 is 23.6 Å². The molecule has 0 saturated carbocycles. The number of esters is 1. The average Bonchev–Trinajstić information content (AvgIpc) is 2.47. The standard InChI is InChI=1S/C10H16N2O3S/c1-4-15-9(14)6-10(2,3)16-8-5(11)7(13)12(6)8/h5-6,8H,4,11H2,1-3H3/t5-,6+,8-/m1/s1. The van der Waals surface area contributed by atoms with Gasteiger partial charge in [-0.05, 0) is 20.8 Å². The number of thioether (sulfide) groups is 1. The molecule has 0 aromatic carbocycles. The molecule has 2 rings (SSSR count). The first-order chi connectivity index (χ1) is 7.40. The Morgan fingerprint density at radius 3 is 2.81 bits per heavy atom. The minimum Gasteiger partial charge on any atom is -0.464 e. The van der Waals surface area contributed by atoms with E-state index in [1.165, 1.54) is 0 Å². The van der Waals surface area contributed by atoms with E-state index in [0.717, 1.165) is 0 Å². The highest BCUT2D eigenvalue weighted by molar-refractivity contribution is 8.01. The molecule has 2 saturated heterocycles. The van der Waals surface area contributed by atoms with Gasteiger partial charge in [-0.15, -0.1) is 11.8 Å². The van der Waals surface area contributed by atoms with Crippen LogP contribution in [0.5, 0.6) is 0 Å². The lowest BCUT2D eigenvalue weighted by molar-refractivity contribution is -0.162. The number of hydrogen-bond donors (Lipinski definition) is 1. The summed E-state index contributed by atoms with van der Waals surface area (Å²) in [5.74, 6) is -0.483. The van der Waals surface area contributed by atoms with Crippen LogP contribution in [-0.2, 0) is 14.3 Å². The van der Waals surface area contributed by atoms with Crippen LogP contribution in [0.25, 0.3) is 0 Å². The van der Waals surface area contributed by atoms with Gasteiger partial charge in [0.1, 0.15) is 17.5 Å². The van der Waals surface area contributed by atoms with E-state index in [1.807, 2.05) is 13.8 Å². The molecule has 6 heteroatoms. The third-order valence-corrected chi connectivity index (χ3v) is 4.58.